The zero-order chi connectivity index (χ0) is 19.6. The smallest absolute Gasteiger partial charge is 0.367 e. The molecule has 2 aromatic heterocycles. The van der Waals surface area contributed by atoms with Crippen molar-refractivity contribution in [3.8, 4) is 28.1 Å². The molecule has 2 heterocycles. The van der Waals surface area contributed by atoms with E-state index in [-0.39, 0.29) is 6.35 Å². The molecule has 1 aliphatic carbocycles. The maximum Gasteiger partial charge on any atom is 0.367 e. The Morgan fingerprint density at radius 2 is 2.00 bits per heavy atom. The van der Waals surface area contributed by atoms with Crippen LogP contribution in [0.2, 0.25) is 0 Å². The van der Waals surface area contributed by atoms with Gasteiger partial charge < -0.3 is 13.8 Å². The fraction of sp³-hybridized carbons (Fsp3) is 0.300. The third-order valence-corrected chi connectivity index (χ3v) is 7.07. The Balaban J connectivity index is 1.72. The molecule has 0 saturated heterocycles. The normalized spacial score (nSPS) is 12.6. The van der Waals surface area contributed by atoms with Crippen molar-refractivity contribution in [3.05, 3.63) is 52.6 Å². The lowest BCUT2D eigenvalue weighted by Gasteiger charge is -2.19. The Hall–Kier alpha value is -2.05. The van der Waals surface area contributed by atoms with Crippen LogP contribution in [0.25, 0.3) is 22.4 Å². The minimum absolute atomic E-state index is 0.132. The maximum atomic E-state index is 12.8. The van der Waals surface area contributed by atoms with E-state index < -0.39 is 7.60 Å². The number of benzene rings is 1. The topological polar surface area (TPSA) is 70.5 Å². The highest BCUT2D eigenvalue weighted by Crippen LogP contribution is 2.51. The van der Waals surface area contributed by atoms with Crippen molar-refractivity contribution in [2.75, 3.05) is 19.6 Å². The molecule has 0 saturated carbocycles. The molecule has 0 atom stereocenters. The summed E-state index contributed by atoms with van der Waals surface area (Å²) in [5, 5.41) is 0. The summed E-state index contributed by atoms with van der Waals surface area (Å²) in [6, 6.07) is 7.89. The zero-order valence-electron chi connectivity index (χ0n) is 15.8. The molecule has 1 aliphatic rings. The van der Waals surface area contributed by atoms with Crippen molar-refractivity contribution in [1.29, 1.82) is 0 Å². The lowest BCUT2D eigenvalue weighted by molar-refractivity contribution is 0.197. The molecule has 0 unspecified atom stereocenters. The SMILES string of the molecule is CCOP(=O)(COc1ccc(-c2cccnc2)c2c1-c1ncsc1C2)OCC. The first-order chi connectivity index (χ1) is 13.6. The van der Waals surface area contributed by atoms with E-state index >= 15 is 0 Å². The Morgan fingerprint density at radius 3 is 2.71 bits per heavy atom. The van der Waals surface area contributed by atoms with Gasteiger partial charge in [0.05, 0.1) is 24.4 Å². The summed E-state index contributed by atoms with van der Waals surface area (Å²) in [7, 11) is -3.30. The van der Waals surface area contributed by atoms with E-state index in [1.807, 2.05) is 36.0 Å². The summed E-state index contributed by atoms with van der Waals surface area (Å²) in [6.07, 6.45) is 4.28. The molecule has 0 fully saturated rings. The second-order valence-electron chi connectivity index (χ2n) is 6.23. The van der Waals surface area contributed by atoms with Gasteiger partial charge in [0.15, 0.2) is 6.35 Å². The first-order valence-electron chi connectivity index (χ1n) is 9.15. The van der Waals surface area contributed by atoms with Crippen LogP contribution in [0.1, 0.15) is 24.3 Å². The Morgan fingerprint density at radius 1 is 1.18 bits per heavy atom. The van der Waals surface area contributed by atoms with Crippen LogP contribution in [0.4, 0.5) is 0 Å². The summed E-state index contributed by atoms with van der Waals surface area (Å²) < 4.78 is 29.4. The van der Waals surface area contributed by atoms with Crippen LogP contribution >= 0.6 is 18.9 Å². The van der Waals surface area contributed by atoms with Gasteiger partial charge in [0, 0.05) is 34.8 Å². The Bertz CT molecular complexity index is 1010. The van der Waals surface area contributed by atoms with Gasteiger partial charge >= 0.3 is 7.60 Å². The number of fused-ring (bicyclic) bond motifs is 3. The summed E-state index contributed by atoms with van der Waals surface area (Å²) in [5.41, 5.74) is 7.05. The van der Waals surface area contributed by atoms with Crippen LogP contribution in [-0.2, 0) is 20.0 Å². The highest BCUT2D eigenvalue weighted by molar-refractivity contribution is 7.53. The van der Waals surface area contributed by atoms with E-state index in [4.69, 9.17) is 13.8 Å². The van der Waals surface area contributed by atoms with Gasteiger partial charge in [0.25, 0.3) is 0 Å². The number of hydrogen-bond acceptors (Lipinski definition) is 7. The van der Waals surface area contributed by atoms with Gasteiger partial charge in [-0.25, -0.2) is 4.98 Å². The molecular weight excluding hydrogens is 395 g/mol. The molecule has 8 heteroatoms. The molecular formula is C20H21N2O4PS. The number of thiazole rings is 1. The molecule has 146 valence electrons. The third kappa shape index (κ3) is 3.63. The minimum atomic E-state index is -3.30. The van der Waals surface area contributed by atoms with Gasteiger partial charge in [-0.1, -0.05) is 12.1 Å². The largest absolute Gasteiger partial charge is 0.480 e. The fourth-order valence-electron chi connectivity index (χ4n) is 3.40. The minimum Gasteiger partial charge on any atom is -0.480 e. The molecule has 6 nitrogen and oxygen atoms in total. The molecule has 0 aliphatic heterocycles. The molecule has 0 radical (unpaired) electrons. The predicted octanol–water partition coefficient (Wildman–Crippen LogP) is 5.38. The van der Waals surface area contributed by atoms with Crippen molar-refractivity contribution in [2.45, 2.75) is 20.3 Å². The Labute approximate surface area is 168 Å². The molecule has 0 spiro atoms. The van der Waals surface area contributed by atoms with Crippen LogP contribution in [0.15, 0.2) is 42.2 Å². The molecule has 4 rings (SSSR count). The Kier molecular flexibility index (Phi) is 5.60. The van der Waals surface area contributed by atoms with Crippen LogP contribution in [0.5, 0.6) is 5.75 Å². The first-order valence-corrected chi connectivity index (χ1v) is 11.8. The highest BCUT2D eigenvalue weighted by atomic mass is 32.1. The van der Waals surface area contributed by atoms with Gasteiger partial charge in [0.2, 0.25) is 0 Å². The van der Waals surface area contributed by atoms with Crippen molar-refractivity contribution in [2.24, 2.45) is 0 Å². The molecule has 28 heavy (non-hydrogen) atoms. The van der Waals surface area contributed by atoms with Crippen molar-refractivity contribution >= 4 is 18.9 Å². The molecule has 1 aromatic carbocycles. The second-order valence-corrected chi connectivity index (χ2v) is 9.16. The summed E-state index contributed by atoms with van der Waals surface area (Å²) in [6.45, 7) is 4.17. The predicted molar refractivity (Wildman–Crippen MR) is 110 cm³/mol. The number of rotatable bonds is 8. The van der Waals surface area contributed by atoms with Crippen molar-refractivity contribution in [1.82, 2.24) is 9.97 Å². The van der Waals surface area contributed by atoms with E-state index in [1.54, 1.807) is 31.4 Å². The van der Waals surface area contributed by atoms with E-state index in [0.717, 1.165) is 34.4 Å². The standard InChI is InChI=1S/C20H21N2O4PS/c1-3-25-27(23,26-4-2)13-24-17-8-7-15(14-6-5-9-21-11-14)16-10-18-20(19(16)17)22-12-28-18/h5-9,11-12H,3-4,10,13H2,1-2H3. The van der Waals surface area contributed by atoms with Gasteiger partial charge in [-0.05, 0) is 37.1 Å². The van der Waals surface area contributed by atoms with Crippen LogP contribution < -0.4 is 4.74 Å². The highest BCUT2D eigenvalue weighted by Gasteiger charge is 2.30. The fourth-order valence-corrected chi connectivity index (χ4v) is 5.48. The van der Waals surface area contributed by atoms with Crippen molar-refractivity contribution in [3.63, 3.8) is 0 Å². The number of hydrogen-bond donors (Lipinski definition) is 0. The number of aromatic nitrogens is 2. The number of ether oxygens (including phenoxy) is 1. The molecule has 0 amide bonds. The second kappa shape index (κ2) is 8.13. The van der Waals surface area contributed by atoms with Crippen LogP contribution in [0.3, 0.4) is 0 Å². The number of nitrogens with zero attached hydrogens (tertiary/aromatic N) is 2. The summed E-state index contributed by atoms with van der Waals surface area (Å²) in [5.74, 6) is 0.645. The maximum absolute atomic E-state index is 12.8. The average molecular weight is 416 g/mol. The van der Waals surface area contributed by atoms with Crippen molar-refractivity contribution < 1.29 is 18.3 Å². The quantitative estimate of drug-likeness (QED) is 0.359. The van der Waals surface area contributed by atoms with Gasteiger partial charge in [-0.15, -0.1) is 11.3 Å². The van der Waals surface area contributed by atoms with E-state index in [9.17, 15) is 4.57 Å². The van der Waals surface area contributed by atoms with Gasteiger partial charge in [0.1, 0.15) is 5.75 Å². The zero-order valence-corrected chi connectivity index (χ0v) is 17.5. The molecule has 3 aromatic rings. The van der Waals surface area contributed by atoms with Gasteiger partial charge in [-0.2, -0.15) is 0 Å². The van der Waals surface area contributed by atoms with Gasteiger partial charge in [-0.3, -0.25) is 9.55 Å². The monoisotopic (exact) mass is 416 g/mol. The average Bonchev–Trinajstić information content (AvgIpc) is 3.29. The first kappa shape index (κ1) is 19.3. The van der Waals surface area contributed by atoms with Crippen LogP contribution in [0, 0.1) is 0 Å². The number of pyridine rings is 1. The van der Waals surface area contributed by atoms with E-state index in [1.165, 1.54) is 4.88 Å². The molecule has 0 bridgehead atoms. The summed E-state index contributed by atoms with van der Waals surface area (Å²) in [4.78, 5) is 9.99. The van der Waals surface area contributed by atoms with Crippen LogP contribution in [-0.4, -0.2) is 29.5 Å². The summed E-state index contributed by atoms with van der Waals surface area (Å²) >= 11 is 1.63. The van der Waals surface area contributed by atoms with E-state index in [2.05, 4.69) is 9.97 Å². The third-order valence-electron chi connectivity index (χ3n) is 4.49. The lowest BCUT2D eigenvalue weighted by atomic mass is 9.97. The molecule has 0 N–H and O–H groups in total. The lowest BCUT2D eigenvalue weighted by Crippen LogP contribution is -2.06. The van der Waals surface area contributed by atoms with E-state index in [0.29, 0.717) is 19.0 Å².